The van der Waals surface area contributed by atoms with Crippen molar-refractivity contribution >= 4 is 70.9 Å². The number of nitrogens with zero attached hydrogens (tertiary/aromatic N) is 8. The van der Waals surface area contributed by atoms with Crippen molar-refractivity contribution in [1.82, 2.24) is 60.5 Å². The van der Waals surface area contributed by atoms with Gasteiger partial charge in [0, 0.05) is 68.8 Å². The fourth-order valence-electron chi connectivity index (χ4n) is 15.9. The van der Waals surface area contributed by atoms with Crippen molar-refractivity contribution in [1.29, 1.82) is 0 Å². The smallest absolute Gasteiger partial charge is 0.343 e. The molecule has 598 valence electrons. The van der Waals surface area contributed by atoms with Crippen LogP contribution in [0.5, 0.6) is 0 Å². The summed E-state index contributed by atoms with van der Waals surface area (Å²) in [5.74, 6) is -13.2. The molecule has 105 heavy (non-hydrogen) atoms. The Morgan fingerprint density at radius 3 is 1.60 bits per heavy atom. The number of hydrogen-bond acceptors (Lipinski definition) is 12. The van der Waals surface area contributed by atoms with Crippen LogP contribution in [-0.2, 0) is 57.5 Å². The van der Waals surface area contributed by atoms with E-state index in [9.17, 15) is 60.3 Å². The maximum absolute atomic E-state index is 15.8. The van der Waals surface area contributed by atoms with Crippen LogP contribution in [0.15, 0.2) is 0 Å². The Morgan fingerprint density at radius 1 is 0.524 bits per heavy atom. The van der Waals surface area contributed by atoms with E-state index < -0.39 is 201 Å². The minimum atomic E-state index is -4.80. The first-order valence-electron chi connectivity index (χ1n) is 38.4. The normalized spacial score (nSPS) is 28.7. The van der Waals surface area contributed by atoms with Gasteiger partial charge in [0.15, 0.2) is 0 Å². The van der Waals surface area contributed by atoms with Crippen LogP contribution < -0.4 is 21.3 Å². The first kappa shape index (κ1) is 88.8. The van der Waals surface area contributed by atoms with Gasteiger partial charge < -0.3 is 60.5 Å². The molecule has 0 bridgehead atoms. The van der Waals surface area contributed by atoms with E-state index in [4.69, 9.17) is 0 Å². The number of carbonyl (C=O) groups excluding carboxylic acids is 12. The molecule has 0 aromatic heterocycles. The van der Waals surface area contributed by atoms with E-state index >= 15 is 23.6 Å². The molecule has 0 radical (unpaired) electrons. The van der Waals surface area contributed by atoms with Gasteiger partial charge in [-0.2, -0.15) is 13.2 Å². The number of unbranched alkanes of at least 4 members (excludes halogenated alkanes) is 1. The average molecular weight is 1500 g/mol. The Bertz CT molecular complexity index is 2950. The summed E-state index contributed by atoms with van der Waals surface area (Å²) in [5, 5.41) is 11.5. The number of nitrogens with one attached hydrogen (secondary N) is 4. The monoisotopic (exact) mass is 1500 g/mol. The summed E-state index contributed by atoms with van der Waals surface area (Å²) in [7, 11) is 9.32. The third-order valence-electron chi connectivity index (χ3n) is 22.2. The highest BCUT2D eigenvalue weighted by atomic mass is 19.4. The largest absolute Gasteiger partial charge is 0.394 e. The summed E-state index contributed by atoms with van der Waals surface area (Å²) in [4.78, 5) is 188. The Kier molecular flexibility index (Phi) is 34.7. The highest BCUT2D eigenvalue weighted by Crippen LogP contribution is 2.43. The fraction of sp³-hybridized carbons (Fsp3) is 0.840. The minimum absolute atomic E-state index is 0.00295. The molecular weight excluding hydrogens is 1370 g/mol. The number of amides is 12. The Labute approximate surface area is 618 Å². The molecule has 2 aliphatic heterocycles. The summed E-state index contributed by atoms with van der Waals surface area (Å²) in [6.07, 6.45) is -3.59. The molecular formula is C75H124F6N12O12. The van der Waals surface area contributed by atoms with Crippen molar-refractivity contribution in [3.8, 4) is 0 Å². The molecule has 0 aromatic rings. The molecule has 30 heteroatoms. The predicted octanol–water partition coefficient (Wildman–Crippen LogP) is 7.64. The van der Waals surface area contributed by atoms with Gasteiger partial charge in [-0.05, 0) is 139 Å². The second kappa shape index (κ2) is 41.0. The van der Waals surface area contributed by atoms with Crippen LogP contribution in [-0.4, -0.2) is 259 Å². The van der Waals surface area contributed by atoms with Crippen LogP contribution in [0.25, 0.3) is 0 Å². The molecule has 2 heterocycles. The van der Waals surface area contributed by atoms with Gasteiger partial charge in [0.05, 0.1) is 32.0 Å². The van der Waals surface area contributed by atoms with Crippen molar-refractivity contribution in [2.24, 2.45) is 41.4 Å². The van der Waals surface area contributed by atoms with Crippen LogP contribution in [0.1, 0.15) is 215 Å². The molecule has 0 aromatic carbocycles. The quantitative estimate of drug-likeness (QED) is 0.0761. The van der Waals surface area contributed by atoms with Gasteiger partial charge in [0.25, 0.3) is 0 Å². The van der Waals surface area contributed by atoms with Gasteiger partial charge in [0.1, 0.15) is 54.0 Å². The third kappa shape index (κ3) is 26.3. The molecule has 5 rings (SSSR count). The number of carbonyl (C=O) groups is 12. The zero-order valence-electron chi connectivity index (χ0n) is 64.9. The highest BCUT2D eigenvalue weighted by molar-refractivity contribution is 6.00. The van der Waals surface area contributed by atoms with E-state index in [0.29, 0.717) is 51.6 Å². The number of hydrogen-bond donors (Lipinski definition) is 4. The zero-order chi connectivity index (χ0) is 78.5. The standard InChI is InChI=1S/C75H124F6N12O12/c1-46(2)37-57-67(99)84-65(51-27-19-16-20-28-51)72(104)88(10)44-63(96)86(8)45-64(97)89(11)56(29-21-22-30-60(77)78)71(103)87(9)43-61(94)82-54(34-32-49-31-33-52(53(76)40-49)75(79,80)81)69(101)91(13)59(39-48(5)6)68(100)85-74(7,42-50-25-17-15-18-26-50)73(105)92(14)58(38-47(3)4)66(98)83-55(41-62(95)90(57)12)70(102)93-35-23-24-36-93/h46-60,65H,15-45H2,1-14H3,(H,82,94)(H,83,98)(H,84,99)(H,85,100)/t49?,52?,53?,54-,55-,56-,57-,58-,59-,65-,74-/m0/s1. The lowest BCUT2D eigenvalue weighted by molar-refractivity contribution is -0.201. The van der Waals surface area contributed by atoms with E-state index in [1.54, 1.807) is 25.7 Å². The third-order valence-corrected chi connectivity index (χ3v) is 22.2. The van der Waals surface area contributed by atoms with Gasteiger partial charge >= 0.3 is 6.18 Å². The summed E-state index contributed by atoms with van der Waals surface area (Å²) in [5.41, 5.74) is -1.79. The molecule has 11 atom stereocenters. The molecule has 5 aliphatic rings. The molecule has 3 unspecified atom stereocenters. The van der Waals surface area contributed by atoms with Gasteiger partial charge in [-0.25, -0.2) is 13.2 Å². The lowest BCUT2D eigenvalue weighted by atomic mass is 9.78. The van der Waals surface area contributed by atoms with Gasteiger partial charge in [-0.15, -0.1) is 0 Å². The summed E-state index contributed by atoms with van der Waals surface area (Å²) in [6, 6.07) is -9.58. The number of alkyl halides is 6. The summed E-state index contributed by atoms with van der Waals surface area (Å²) in [6.45, 7) is 11.2. The minimum Gasteiger partial charge on any atom is -0.343 e. The van der Waals surface area contributed by atoms with Crippen molar-refractivity contribution in [2.45, 2.75) is 282 Å². The van der Waals surface area contributed by atoms with E-state index in [0.717, 1.165) is 63.0 Å². The van der Waals surface area contributed by atoms with Crippen molar-refractivity contribution in [3.63, 3.8) is 0 Å². The second-order valence-electron chi connectivity index (χ2n) is 32.4. The lowest BCUT2D eigenvalue weighted by Gasteiger charge is -2.41. The first-order valence-corrected chi connectivity index (χ1v) is 38.4. The van der Waals surface area contributed by atoms with E-state index in [1.807, 2.05) is 27.7 Å². The van der Waals surface area contributed by atoms with Crippen LogP contribution in [0.2, 0.25) is 0 Å². The van der Waals surface area contributed by atoms with Crippen molar-refractivity contribution in [3.05, 3.63) is 0 Å². The predicted molar refractivity (Wildman–Crippen MR) is 384 cm³/mol. The topological polar surface area (TPSA) is 279 Å². The molecule has 24 nitrogen and oxygen atoms in total. The number of likely N-dealkylation sites (N-methyl/N-ethyl adjacent to an activating group) is 7. The maximum Gasteiger partial charge on any atom is 0.394 e. The first-order chi connectivity index (χ1) is 49.1. The Balaban J connectivity index is 1.66. The van der Waals surface area contributed by atoms with E-state index in [1.165, 1.54) is 59.1 Å². The average Bonchev–Trinajstić information content (AvgIpc) is 0.848. The number of halogens is 6. The van der Waals surface area contributed by atoms with E-state index in [-0.39, 0.29) is 87.9 Å². The molecule has 0 spiro atoms. The maximum atomic E-state index is 15.8. The fourth-order valence-corrected chi connectivity index (χ4v) is 15.9. The van der Waals surface area contributed by atoms with Gasteiger partial charge in [-0.1, -0.05) is 99.3 Å². The molecule has 3 saturated carbocycles. The summed E-state index contributed by atoms with van der Waals surface area (Å²) < 4.78 is 84.1. The van der Waals surface area contributed by atoms with Crippen LogP contribution >= 0.6 is 0 Å². The van der Waals surface area contributed by atoms with Crippen LogP contribution in [0.4, 0.5) is 26.3 Å². The SMILES string of the molecule is CC(C)C[C@H]1C(=O)N[C@@H](C2CCCCC2)C(=O)N(C)CC(=O)N(C)CC(=O)N(C)[C@@H](CCCCC(F)F)C(=O)N(C)CC(=O)N[C@@H](CCC2CCC(C(F)(F)F)C(F)C2)C(=O)N(C)[C@@H](CC(C)C)C(=O)N[C@@](C)(CC2CCCCC2)C(=O)N(C)[C@@H](CC(C)C)C(=O)N[C@H](C(=O)N2CCCC2)CC(=O)N1C. The lowest BCUT2D eigenvalue weighted by Crippen LogP contribution is -2.65. The van der Waals surface area contributed by atoms with Crippen LogP contribution in [0.3, 0.4) is 0 Å². The molecule has 5 fully saturated rings. The number of likely N-dealkylation sites (tertiary alicyclic amines) is 1. The molecule has 3 aliphatic carbocycles. The highest BCUT2D eigenvalue weighted by Gasteiger charge is 2.50. The van der Waals surface area contributed by atoms with Crippen LogP contribution in [0, 0.1) is 41.4 Å². The Hall–Kier alpha value is -6.78. The Morgan fingerprint density at radius 2 is 1.05 bits per heavy atom. The molecule has 12 amide bonds. The second-order valence-corrected chi connectivity index (χ2v) is 32.4. The van der Waals surface area contributed by atoms with Crippen molar-refractivity contribution < 1.29 is 83.9 Å². The molecule has 2 saturated heterocycles. The van der Waals surface area contributed by atoms with E-state index in [2.05, 4.69) is 21.3 Å². The summed E-state index contributed by atoms with van der Waals surface area (Å²) >= 11 is 0. The molecule has 4 N–H and O–H groups in total. The van der Waals surface area contributed by atoms with Crippen molar-refractivity contribution in [2.75, 3.05) is 82.1 Å². The van der Waals surface area contributed by atoms with Gasteiger partial charge in [0.2, 0.25) is 77.3 Å². The van der Waals surface area contributed by atoms with Gasteiger partial charge in [-0.3, -0.25) is 57.5 Å². The zero-order valence-corrected chi connectivity index (χ0v) is 64.9. The number of rotatable bonds is 18.